The van der Waals surface area contributed by atoms with Crippen LogP contribution in [0.25, 0.3) is 0 Å². The summed E-state index contributed by atoms with van der Waals surface area (Å²) in [7, 11) is 3.27. The summed E-state index contributed by atoms with van der Waals surface area (Å²) in [4.78, 5) is 0. The van der Waals surface area contributed by atoms with Gasteiger partial charge in [-0.15, -0.1) is 5.10 Å². The van der Waals surface area contributed by atoms with Gasteiger partial charge in [-0.05, 0) is 41.1 Å². The average molecular weight is 291 g/mol. The Balaban J connectivity index is 2.01. The third-order valence-electron chi connectivity index (χ3n) is 3.20. The van der Waals surface area contributed by atoms with Crippen LogP contribution in [0, 0.1) is 0 Å². The SMILES string of the molecule is CCNCc1nnnn1CCc1ccc(OC)c(OC)c1. The first-order valence-electron chi connectivity index (χ1n) is 6.95. The van der Waals surface area contributed by atoms with Crippen molar-refractivity contribution >= 4 is 0 Å². The first kappa shape index (κ1) is 15.2. The van der Waals surface area contributed by atoms with E-state index in [2.05, 4.69) is 27.8 Å². The van der Waals surface area contributed by atoms with Gasteiger partial charge in [0.25, 0.3) is 0 Å². The van der Waals surface area contributed by atoms with E-state index in [0.29, 0.717) is 6.54 Å². The van der Waals surface area contributed by atoms with E-state index in [1.54, 1.807) is 14.2 Å². The molecule has 0 saturated carbocycles. The number of tetrazole rings is 1. The van der Waals surface area contributed by atoms with Crippen LogP contribution in [0.4, 0.5) is 0 Å². The summed E-state index contributed by atoms with van der Waals surface area (Å²) in [6, 6.07) is 5.91. The third kappa shape index (κ3) is 3.91. The minimum Gasteiger partial charge on any atom is -0.493 e. The fourth-order valence-corrected chi connectivity index (χ4v) is 2.03. The van der Waals surface area contributed by atoms with Gasteiger partial charge in [0.2, 0.25) is 0 Å². The molecule has 0 unspecified atom stereocenters. The molecule has 7 heteroatoms. The molecule has 0 radical (unpaired) electrons. The van der Waals surface area contributed by atoms with Gasteiger partial charge in [-0.1, -0.05) is 13.0 Å². The Morgan fingerprint density at radius 3 is 2.71 bits per heavy atom. The summed E-state index contributed by atoms with van der Waals surface area (Å²) >= 11 is 0. The second-order valence-corrected chi connectivity index (χ2v) is 4.54. The summed E-state index contributed by atoms with van der Waals surface area (Å²) in [6.07, 6.45) is 0.824. The molecule has 2 rings (SSSR count). The molecule has 0 atom stereocenters. The Kier molecular flexibility index (Phi) is 5.51. The van der Waals surface area contributed by atoms with Gasteiger partial charge in [0.15, 0.2) is 17.3 Å². The predicted molar refractivity (Wildman–Crippen MR) is 78.4 cm³/mol. The van der Waals surface area contributed by atoms with Crippen molar-refractivity contribution in [1.29, 1.82) is 0 Å². The molecular formula is C14H21N5O2. The van der Waals surface area contributed by atoms with Crippen LogP contribution < -0.4 is 14.8 Å². The van der Waals surface area contributed by atoms with Crippen molar-refractivity contribution in [1.82, 2.24) is 25.5 Å². The second kappa shape index (κ2) is 7.58. The van der Waals surface area contributed by atoms with Crippen molar-refractivity contribution in [3.8, 4) is 11.5 Å². The highest BCUT2D eigenvalue weighted by Gasteiger charge is 2.08. The number of rotatable bonds is 8. The first-order valence-corrected chi connectivity index (χ1v) is 6.95. The smallest absolute Gasteiger partial charge is 0.165 e. The number of benzene rings is 1. The van der Waals surface area contributed by atoms with Crippen molar-refractivity contribution in [2.24, 2.45) is 0 Å². The predicted octanol–water partition coefficient (Wildman–Crippen LogP) is 1.04. The molecule has 1 aromatic carbocycles. The van der Waals surface area contributed by atoms with Crippen LogP contribution in [0.1, 0.15) is 18.3 Å². The number of nitrogens with one attached hydrogen (secondary N) is 1. The lowest BCUT2D eigenvalue weighted by molar-refractivity contribution is 0.354. The summed E-state index contributed by atoms with van der Waals surface area (Å²) in [5.74, 6) is 2.31. The summed E-state index contributed by atoms with van der Waals surface area (Å²) < 4.78 is 12.4. The van der Waals surface area contributed by atoms with E-state index in [1.165, 1.54) is 0 Å². The van der Waals surface area contributed by atoms with E-state index in [4.69, 9.17) is 9.47 Å². The molecule has 0 aliphatic heterocycles. The molecule has 0 aliphatic carbocycles. The molecule has 0 aliphatic rings. The number of nitrogens with zero attached hydrogens (tertiary/aromatic N) is 4. The van der Waals surface area contributed by atoms with Crippen LogP contribution in [0.5, 0.6) is 11.5 Å². The molecule has 114 valence electrons. The maximum atomic E-state index is 5.31. The topological polar surface area (TPSA) is 74.1 Å². The van der Waals surface area contributed by atoms with E-state index in [1.807, 2.05) is 22.9 Å². The Morgan fingerprint density at radius 2 is 2.00 bits per heavy atom. The Bertz CT molecular complexity index is 570. The molecule has 0 bridgehead atoms. The van der Waals surface area contributed by atoms with Crippen molar-refractivity contribution in [3.63, 3.8) is 0 Å². The fourth-order valence-electron chi connectivity index (χ4n) is 2.03. The lowest BCUT2D eigenvalue weighted by Crippen LogP contribution is -2.17. The Labute approximate surface area is 124 Å². The summed E-state index contributed by atoms with van der Waals surface area (Å²) in [5, 5.41) is 15.0. The number of hydrogen-bond donors (Lipinski definition) is 1. The lowest BCUT2D eigenvalue weighted by Gasteiger charge is -2.10. The van der Waals surface area contributed by atoms with E-state index >= 15 is 0 Å². The average Bonchev–Trinajstić information content (AvgIpc) is 2.97. The largest absolute Gasteiger partial charge is 0.493 e. The van der Waals surface area contributed by atoms with Crippen LogP contribution in [0.15, 0.2) is 18.2 Å². The zero-order chi connectivity index (χ0) is 15.1. The highest BCUT2D eigenvalue weighted by atomic mass is 16.5. The van der Waals surface area contributed by atoms with E-state index in [9.17, 15) is 0 Å². The van der Waals surface area contributed by atoms with Gasteiger partial charge in [0, 0.05) is 6.54 Å². The molecular weight excluding hydrogens is 270 g/mol. The summed E-state index contributed by atoms with van der Waals surface area (Å²) in [6.45, 7) is 4.35. The molecule has 21 heavy (non-hydrogen) atoms. The first-order chi connectivity index (χ1) is 10.3. The highest BCUT2D eigenvalue weighted by Crippen LogP contribution is 2.27. The Morgan fingerprint density at radius 1 is 1.19 bits per heavy atom. The molecule has 0 saturated heterocycles. The van der Waals surface area contributed by atoms with Gasteiger partial charge in [-0.3, -0.25) is 0 Å². The van der Waals surface area contributed by atoms with Crippen LogP contribution in [-0.4, -0.2) is 41.0 Å². The zero-order valence-electron chi connectivity index (χ0n) is 12.7. The maximum Gasteiger partial charge on any atom is 0.165 e. The number of ether oxygens (including phenoxy) is 2. The van der Waals surface area contributed by atoms with Gasteiger partial charge in [0.05, 0.1) is 20.8 Å². The summed E-state index contributed by atoms with van der Waals surface area (Å²) in [5.41, 5.74) is 1.15. The van der Waals surface area contributed by atoms with Crippen molar-refractivity contribution in [2.45, 2.75) is 26.4 Å². The fraction of sp³-hybridized carbons (Fsp3) is 0.500. The zero-order valence-corrected chi connectivity index (χ0v) is 12.7. The molecule has 1 aromatic heterocycles. The third-order valence-corrected chi connectivity index (χ3v) is 3.20. The molecule has 0 spiro atoms. The lowest BCUT2D eigenvalue weighted by atomic mass is 10.1. The number of aromatic nitrogens is 4. The van der Waals surface area contributed by atoms with Crippen molar-refractivity contribution < 1.29 is 9.47 Å². The number of hydrogen-bond acceptors (Lipinski definition) is 6. The molecule has 0 amide bonds. The molecule has 1 heterocycles. The van der Waals surface area contributed by atoms with Gasteiger partial charge >= 0.3 is 0 Å². The van der Waals surface area contributed by atoms with Crippen molar-refractivity contribution in [2.75, 3.05) is 20.8 Å². The second-order valence-electron chi connectivity index (χ2n) is 4.54. The number of methoxy groups -OCH3 is 2. The molecule has 1 N–H and O–H groups in total. The normalized spacial score (nSPS) is 10.6. The van der Waals surface area contributed by atoms with E-state index in [-0.39, 0.29) is 0 Å². The van der Waals surface area contributed by atoms with Gasteiger partial charge in [0.1, 0.15) is 0 Å². The van der Waals surface area contributed by atoms with Crippen LogP contribution >= 0.6 is 0 Å². The standard InChI is InChI=1S/C14H21N5O2/c1-4-15-10-14-16-17-18-19(14)8-7-11-5-6-12(20-2)13(9-11)21-3/h5-6,9,15H,4,7-8,10H2,1-3H3. The van der Waals surface area contributed by atoms with Gasteiger partial charge < -0.3 is 14.8 Å². The van der Waals surface area contributed by atoms with E-state index in [0.717, 1.165) is 42.4 Å². The maximum absolute atomic E-state index is 5.31. The van der Waals surface area contributed by atoms with Crippen LogP contribution in [0.3, 0.4) is 0 Å². The number of aryl methyl sites for hydroxylation is 2. The highest BCUT2D eigenvalue weighted by molar-refractivity contribution is 5.42. The quantitative estimate of drug-likeness (QED) is 0.783. The minimum absolute atomic E-state index is 0.676. The minimum atomic E-state index is 0.676. The molecule has 7 nitrogen and oxygen atoms in total. The molecule has 0 fully saturated rings. The monoisotopic (exact) mass is 291 g/mol. The van der Waals surface area contributed by atoms with Gasteiger partial charge in [-0.2, -0.15) is 0 Å². The van der Waals surface area contributed by atoms with Gasteiger partial charge in [-0.25, -0.2) is 4.68 Å². The van der Waals surface area contributed by atoms with Crippen molar-refractivity contribution in [3.05, 3.63) is 29.6 Å². The van der Waals surface area contributed by atoms with Crippen LogP contribution in [0.2, 0.25) is 0 Å². The molecule has 2 aromatic rings. The van der Waals surface area contributed by atoms with Crippen LogP contribution in [-0.2, 0) is 19.5 Å². The Hall–Kier alpha value is -2.15. The van der Waals surface area contributed by atoms with E-state index < -0.39 is 0 Å².